The number of fused-ring (bicyclic) bond motifs is 1. The molecule has 1 unspecified atom stereocenters. The van der Waals surface area contributed by atoms with Crippen LogP contribution in [0.2, 0.25) is 5.02 Å². The van der Waals surface area contributed by atoms with Crippen molar-refractivity contribution in [1.29, 1.82) is 0 Å². The molecule has 2 aromatic rings. The predicted molar refractivity (Wildman–Crippen MR) is 92.0 cm³/mol. The zero-order valence-corrected chi connectivity index (χ0v) is 13.5. The molecule has 0 heterocycles. The van der Waals surface area contributed by atoms with E-state index in [1.165, 1.54) is 54.9 Å². The van der Waals surface area contributed by atoms with Crippen molar-refractivity contribution in [2.24, 2.45) is 5.92 Å². The van der Waals surface area contributed by atoms with E-state index in [0.717, 1.165) is 10.9 Å². The molecule has 1 saturated carbocycles. The standard InChI is InChI=1S/C19H24ClN/c1-21-19(13-14-7-3-2-4-8-14)17-11-12-18(20)16-10-6-5-9-15(16)17/h5-6,9-12,14,19,21H,2-4,7-8,13H2,1H3. The maximum absolute atomic E-state index is 6.35. The molecule has 1 atom stereocenters. The molecule has 0 spiro atoms. The first-order valence-electron chi connectivity index (χ1n) is 8.14. The third kappa shape index (κ3) is 3.25. The van der Waals surface area contributed by atoms with Gasteiger partial charge in [0.2, 0.25) is 0 Å². The fourth-order valence-electron chi connectivity index (χ4n) is 3.75. The first-order chi connectivity index (χ1) is 10.3. The third-order valence-corrected chi connectivity index (χ3v) is 5.25. The minimum absolute atomic E-state index is 0.426. The minimum atomic E-state index is 0.426. The van der Waals surface area contributed by atoms with E-state index in [4.69, 9.17) is 11.6 Å². The topological polar surface area (TPSA) is 12.0 Å². The molecule has 0 radical (unpaired) electrons. The minimum Gasteiger partial charge on any atom is -0.313 e. The second-order valence-electron chi connectivity index (χ2n) is 6.26. The molecule has 2 heteroatoms. The van der Waals surface area contributed by atoms with Crippen LogP contribution in [0.3, 0.4) is 0 Å². The quantitative estimate of drug-likeness (QED) is 0.761. The SMILES string of the molecule is CNC(CC1CCCCC1)c1ccc(Cl)c2ccccc12. The molecule has 1 fully saturated rings. The van der Waals surface area contributed by atoms with Crippen LogP contribution >= 0.6 is 11.6 Å². The van der Waals surface area contributed by atoms with Crippen LogP contribution in [0.1, 0.15) is 50.1 Å². The summed E-state index contributed by atoms with van der Waals surface area (Å²) in [6.07, 6.45) is 8.26. The molecule has 21 heavy (non-hydrogen) atoms. The Hall–Kier alpha value is -1.05. The van der Waals surface area contributed by atoms with E-state index < -0.39 is 0 Å². The second-order valence-corrected chi connectivity index (χ2v) is 6.67. The highest BCUT2D eigenvalue weighted by Crippen LogP contribution is 2.35. The monoisotopic (exact) mass is 301 g/mol. The largest absolute Gasteiger partial charge is 0.313 e. The van der Waals surface area contributed by atoms with Gasteiger partial charge in [-0.1, -0.05) is 74.0 Å². The molecule has 3 rings (SSSR count). The van der Waals surface area contributed by atoms with E-state index in [2.05, 4.69) is 42.7 Å². The summed E-state index contributed by atoms with van der Waals surface area (Å²) >= 11 is 6.35. The Bertz CT molecular complexity index is 602. The van der Waals surface area contributed by atoms with Crippen LogP contribution in [0.4, 0.5) is 0 Å². The van der Waals surface area contributed by atoms with E-state index in [1.807, 2.05) is 6.07 Å². The second kappa shape index (κ2) is 6.81. The van der Waals surface area contributed by atoms with E-state index in [0.29, 0.717) is 6.04 Å². The molecule has 112 valence electrons. The smallest absolute Gasteiger partial charge is 0.0484 e. The molecule has 1 nitrogen and oxygen atoms in total. The van der Waals surface area contributed by atoms with Gasteiger partial charge in [0.1, 0.15) is 0 Å². The van der Waals surface area contributed by atoms with Crippen molar-refractivity contribution in [1.82, 2.24) is 5.32 Å². The summed E-state index contributed by atoms with van der Waals surface area (Å²) in [5, 5.41) is 6.84. The average Bonchev–Trinajstić information content (AvgIpc) is 2.55. The predicted octanol–water partition coefficient (Wildman–Crippen LogP) is 5.72. The van der Waals surface area contributed by atoms with Gasteiger partial charge in [-0.15, -0.1) is 0 Å². The van der Waals surface area contributed by atoms with Crippen molar-refractivity contribution in [3.8, 4) is 0 Å². The van der Waals surface area contributed by atoms with E-state index in [9.17, 15) is 0 Å². The number of hydrogen-bond donors (Lipinski definition) is 1. The van der Waals surface area contributed by atoms with Gasteiger partial charge < -0.3 is 5.32 Å². The van der Waals surface area contributed by atoms with Gasteiger partial charge in [-0.3, -0.25) is 0 Å². The molecule has 1 N–H and O–H groups in total. The lowest BCUT2D eigenvalue weighted by Crippen LogP contribution is -2.21. The lowest BCUT2D eigenvalue weighted by molar-refractivity contribution is 0.306. The van der Waals surface area contributed by atoms with Crippen LogP contribution in [0.25, 0.3) is 10.8 Å². The van der Waals surface area contributed by atoms with Gasteiger partial charge in [-0.05, 0) is 36.4 Å². The van der Waals surface area contributed by atoms with Crippen LogP contribution in [0.5, 0.6) is 0 Å². The summed E-state index contributed by atoms with van der Waals surface area (Å²) in [5.74, 6) is 0.866. The molecule has 0 bridgehead atoms. The summed E-state index contributed by atoms with van der Waals surface area (Å²) in [6.45, 7) is 0. The van der Waals surface area contributed by atoms with Crippen molar-refractivity contribution >= 4 is 22.4 Å². The first-order valence-corrected chi connectivity index (χ1v) is 8.52. The molecule has 0 saturated heterocycles. The Balaban J connectivity index is 1.91. The van der Waals surface area contributed by atoms with Gasteiger partial charge in [0.05, 0.1) is 0 Å². The first kappa shape index (κ1) is 14.9. The lowest BCUT2D eigenvalue weighted by Gasteiger charge is -2.27. The third-order valence-electron chi connectivity index (χ3n) is 4.92. The fraction of sp³-hybridized carbons (Fsp3) is 0.474. The van der Waals surface area contributed by atoms with Crippen molar-refractivity contribution in [3.63, 3.8) is 0 Å². The highest BCUT2D eigenvalue weighted by Gasteiger charge is 2.20. The molecule has 1 aliphatic carbocycles. The molecule has 0 aliphatic heterocycles. The van der Waals surface area contributed by atoms with Crippen molar-refractivity contribution in [2.75, 3.05) is 7.05 Å². The van der Waals surface area contributed by atoms with E-state index in [1.54, 1.807) is 0 Å². The number of halogens is 1. The normalized spacial score (nSPS) is 18.0. The van der Waals surface area contributed by atoms with Crippen molar-refractivity contribution in [2.45, 2.75) is 44.6 Å². The number of nitrogens with one attached hydrogen (secondary N) is 1. The highest BCUT2D eigenvalue weighted by molar-refractivity contribution is 6.35. The highest BCUT2D eigenvalue weighted by atomic mass is 35.5. The van der Waals surface area contributed by atoms with Gasteiger partial charge in [0.25, 0.3) is 0 Å². The molecule has 0 amide bonds. The number of rotatable bonds is 4. The van der Waals surface area contributed by atoms with Gasteiger partial charge in [-0.2, -0.15) is 0 Å². The van der Waals surface area contributed by atoms with Crippen LogP contribution in [0, 0.1) is 5.92 Å². The molecular formula is C19H24ClN. The zero-order valence-electron chi connectivity index (χ0n) is 12.7. The van der Waals surface area contributed by atoms with Gasteiger partial charge in [-0.25, -0.2) is 0 Å². The van der Waals surface area contributed by atoms with Crippen LogP contribution in [0.15, 0.2) is 36.4 Å². The van der Waals surface area contributed by atoms with Crippen molar-refractivity contribution < 1.29 is 0 Å². The molecular weight excluding hydrogens is 278 g/mol. The van der Waals surface area contributed by atoms with E-state index in [-0.39, 0.29) is 0 Å². The summed E-state index contributed by atoms with van der Waals surface area (Å²) in [5.41, 5.74) is 1.39. The molecule has 2 aromatic carbocycles. The Morgan fingerprint density at radius 1 is 1.05 bits per heavy atom. The molecule has 0 aromatic heterocycles. The maximum Gasteiger partial charge on any atom is 0.0484 e. The summed E-state index contributed by atoms with van der Waals surface area (Å²) in [4.78, 5) is 0. The number of benzene rings is 2. The molecule has 1 aliphatic rings. The van der Waals surface area contributed by atoms with Gasteiger partial charge >= 0.3 is 0 Å². The van der Waals surface area contributed by atoms with Gasteiger partial charge in [0, 0.05) is 16.5 Å². The zero-order chi connectivity index (χ0) is 14.7. The fourth-order valence-corrected chi connectivity index (χ4v) is 3.97. The Morgan fingerprint density at radius 3 is 2.48 bits per heavy atom. The summed E-state index contributed by atoms with van der Waals surface area (Å²) in [7, 11) is 2.08. The van der Waals surface area contributed by atoms with Crippen LogP contribution < -0.4 is 5.32 Å². The van der Waals surface area contributed by atoms with Crippen LogP contribution in [-0.2, 0) is 0 Å². The lowest BCUT2D eigenvalue weighted by atomic mass is 9.82. The van der Waals surface area contributed by atoms with Crippen molar-refractivity contribution in [3.05, 3.63) is 47.0 Å². The number of hydrogen-bond acceptors (Lipinski definition) is 1. The Labute approximate surface area is 132 Å². The van der Waals surface area contributed by atoms with E-state index >= 15 is 0 Å². The maximum atomic E-state index is 6.35. The summed E-state index contributed by atoms with van der Waals surface area (Å²) in [6, 6.07) is 13.2. The average molecular weight is 302 g/mol. The summed E-state index contributed by atoms with van der Waals surface area (Å²) < 4.78 is 0. The Morgan fingerprint density at radius 2 is 1.76 bits per heavy atom. The van der Waals surface area contributed by atoms with Crippen LogP contribution in [-0.4, -0.2) is 7.05 Å². The Kier molecular flexibility index (Phi) is 4.82. The van der Waals surface area contributed by atoms with Gasteiger partial charge in [0.15, 0.2) is 0 Å².